The van der Waals surface area contributed by atoms with E-state index in [1.807, 2.05) is 0 Å². The van der Waals surface area contributed by atoms with E-state index >= 15 is 0 Å². The van der Waals surface area contributed by atoms with Crippen LogP contribution >= 0.6 is 0 Å². The molecule has 0 aromatic heterocycles. The molecule has 4 nitrogen and oxygen atoms in total. The third-order valence-corrected chi connectivity index (χ3v) is 2.95. The number of nitrogens with two attached hydrogens (primary N) is 2. The van der Waals surface area contributed by atoms with Crippen LogP contribution in [0.15, 0.2) is 42.5 Å². The first kappa shape index (κ1) is 15.7. The number of nitrogen functional groups attached to an aromatic ring is 1. The van der Waals surface area contributed by atoms with Crippen molar-refractivity contribution in [2.45, 2.75) is 12.8 Å². The van der Waals surface area contributed by atoms with E-state index in [4.69, 9.17) is 11.5 Å². The van der Waals surface area contributed by atoms with Crippen molar-refractivity contribution >= 4 is 11.6 Å². The molecule has 0 aliphatic rings. The monoisotopic (exact) mass is 310 g/mol. The van der Waals surface area contributed by atoms with E-state index in [-0.39, 0.29) is 17.0 Å². The van der Waals surface area contributed by atoms with Gasteiger partial charge in [0.25, 0.3) is 5.91 Å². The number of rotatable bonds is 4. The number of carbonyl (C=O) groups excluding carboxylic acids is 1. The van der Waals surface area contributed by atoms with Gasteiger partial charge in [0.15, 0.2) is 0 Å². The minimum absolute atomic E-state index is 0.234. The van der Waals surface area contributed by atoms with Crippen LogP contribution in [0, 0.1) is 0 Å². The van der Waals surface area contributed by atoms with Crippen LogP contribution in [0.3, 0.4) is 0 Å². The van der Waals surface area contributed by atoms with Gasteiger partial charge in [-0.15, -0.1) is 13.2 Å². The number of halogens is 3. The van der Waals surface area contributed by atoms with E-state index in [2.05, 4.69) is 4.74 Å². The number of alkyl halides is 3. The normalized spacial score (nSPS) is 11.2. The Morgan fingerprint density at radius 2 is 1.64 bits per heavy atom. The maximum Gasteiger partial charge on any atom is 0.573 e. The maximum atomic E-state index is 12.1. The lowest BCUT2D eigenvalue weighted by molar-refractivity contribution is -0.274. The number of amides is 1. The molecule has 0 saturated carbocycles. The van der Waals surface area contributed by atoms with Gasteiger partial charge in [0, 0.05) is 5.69 Å². The van der Waals surface area contributed by atoms with E-state index < -0.39 is 12.3 Å². The molecule has 22 heavy (non-hydrogen) atoms. The second kappa shape index (κ2) is 5.97. The van der Waals surface area contributed by atoms with Gasteiger partial charge < -0.3 is 16.2 Å². The topological polar surface area (TPSA) is 78.3 Å². The summed E-state index contributed by atoms with van der Waals surface area (Å²) < 4.78 is 40.0. The van der Waals surface area contributed by atoms with E-state index in [1.165, 1.54) is 30.3 Å². The van der Waals surface area contributed by atoms with Gasteiger partial charge in [0.05, 0.1) is 5.56 Å². The second-order valence-electron chi connectivity index (χ2n) is 4.65. The number of primary amides is 1. The van der Waals surface area contributed by atoms with Crippen LogP contribution in [-0.4, -0.2) is 12.3 Å². The van der Waals surface area contributed by atoms with Crippen molar-refractivity contribution in [2.24, 2.45) is 5.73 Å². The van der Waals surface area contributed by atoms with Crippen LogP contribution in [-0.2, 0) is 6.42 Å². The van der Waals surface area contributed by atoms with Crippen LogP contribution in [0.5, 0.6) is 5.75 Å². The van der Waals surface area contributed by atoms with Gasteiger partial charge in [-0.25, -0.2) is 0 Å². The van der Waals surface area contributed by atoms with Gasteiger partial charge in [-0.1, -0.05) is 18.2 Å². The van der Waals surface area contributed by atoms with Crippen molar-refractivity contribution in [3.63, 3.8) is 0 Å². The molecule has 0 unspecified atom stereocenters. The first-order chi connectivity index (χ1) is 10.2. The van der Waals surface area contributed by atoms with Gasteiger partial charge in [-0.3, -0.25) is 4.79 Å². The molecule has 0 saturated heterocycles. The Morgan fingerprint density at radius 3 is 2.14 bits per heavy atom. The van der Waals surface area contributed by atoms with Gasteiger partial charge in [0.1, 0.15) is 5.75 Å². The summed E-state index contributed by atoms with van der Waals surface area (Å²) >= 11 is 0. The highest BCUT2D eigenvalue weighted by Gasteiger charge is 2.30. The number of benzene rings is 2. The van der Waals surface area contributed by atoms with Gasteiger partial charge >= 0.3 is 6.36 Å². The molecule has 4 N–H and O–H groups in total. The Labute approximate surface area is 124 Å². The summed E-state index contributed by atoms with van der Waals surface area (Å²) in [7, 11) is 0. The third-order valence-electron chi connectivity index (χ3n) is 2.95. The molecule has 1 amide bonds. The molecule has 116 valence electrons. The Bertz CT molecular complexity index is 682. The summed E-state index contributed by atoms with van der Waals surface area (Å²) in [4.78, 5) is 11.1. The molecule has 0 heterocycles. The lowest BCUT2D eigenvalue weighted by Gasteiger charge is -2.10. The average Bonchev–Trinajstić information content (AvgIpc) is 2.39. The lowest BCUT2D eigenvalue weighted by atomic mass is 10.0. The lowest BCUT2D eigenvalue weighted by Crippen LogP contribution is -2.17. The molecule has 0 bridgehead atoms. The Balaban J connectivity index is 2.11. The molecule has 0 atom stereocenters. The standard InChI is InChI=1S/C15H13F3N2O2/c16-15(17,18)22-11-4-1-9(2-5-11)7-10-3-6-12(14(20)21)13(19)8-10/h1-6,8H,7,19H2,(H2,20,21). The zero-order chi connectivity index (χ0) is 16.3. The zero-order valence-electron chi connectivity index (χ0n) is 11.4. The minimum atomic E-state index is -4.71. The summed E-state index contributed by atoms with van der Waals surface area (Å²) in [6.07, 6.45) is -4.25. The number of hydrogen-bond acceptors (Lipinski definition) is 3. The summed E-state index contributed by atoms with van der Waals surface area (Å²) in [6.45, 7) is 0. The molecule has 2 aromatic carbocycles. The van der Waals surface area contributed by atoms with E-state index in [0.717, 1.165) is 11.1 Å². The molecule has 0 fully saturated rings. The third kappa shape index (κ3) is 4.15. The highest BCUT2D eigenvalue weighted by atomic mass is 19.4. The fourth-order valence-electron chi connectivity index (χ4n) is 1.99. The molecular weight excluding hydrogens is 297 g/mol. The van der Waals surface area contributed by atoms with Crippen molar-refractivity contribution in [1.29, 1.82) is 0 Å². The second-order valence-corrected chi connectivity index (χ2v) is 4.65. The fourth-order valence-corrected chi connectivity index (χ4v) is 1.99. The number of carbonyl (C=O) groups is 1. The molecule has 0 radical (unpaired) electrons. The van der Waals surface area contributed by atoms with Crippen LogP contribution in [0.2, 0.25) is 0 Å². The van der Waals surface area contributed by atoms with Crippen molar-refractivity contribution in [3.8, 4) is 5.75 Å². The highest BCUT2D eigenvalue weighted by molar-refractivity contribution is 5.98. The first-order valence-corrected chi connectivity index (χ1v) is 6.27. The van der Waals surface area contributed by atoms with Crippen LogP contribution < -0.4 is 16.2 Å². The molecule has 0 aliphatic carbocycles. The summed E-state index contributed by atoms with van der Waals surface area (Å²) in [6, 6.07) is 10.4. The molecule has 7 heteroatoms. The number of anilines is 1. The summed E-state index contributed by atoms with van der Waals surface area (Å²) in [5.41, 5.74) is 13.0. The van der Waals surface area contributed by atoms with E-state index in [0.29, 0.717) is 6.42 Å². The molecular formula is C15H13F3N2O2. The van der Waals surface area contributed by atoms with Gasteiger partial charge in [0.2, 0.25) is 0 Å². The number of hydrogen-bond donors (Lipinski definition) is 2. The summed E-state index contributed by atoms with van der Waals surface area (Å²) in [5.74, 6) is -0.891. The van der Waals surface area contributed by atoms with E-state index in [9.17, 15) is 18.0 Å². The van der Waals surface area contributed by atoms with Gasteiger partial charge in [-0.05, 0) is 41.8 Å². The van der Waals surface area contributed by atoms with E-state index in [1.54, 1.807) is 12.1 Å². The summed E-state index contributed by atoms with van der Waals surface area (Å²) in [5, 5.41) is 0. The molecule has 0 aliphatic heterocycles. The smallest absolute Gasteiger partial charge is 0.406 e. The predicted octanol–water partition coefficient (Wildman–Crippen LogP) is 2.86. The van der Waals surface area contributed by atoms with Crippen LogP contribution in [0.1, 0.15) is 21.5 Å². The molecule has 2 rings (SSSR count). The van der Waals surface area contributed by atoms with Crippen LogP contribution in [0.4, 0.5) is 18.9 Å². The van der Waals surface area contributed by atoms with Crippen molar-refractivity contribution < 1.29 is 22.7 Å². The fraction of sp³-hybridized carbons (Fsp3) is 0.133. The quantitative estimate of drug-likeness (QED) is 0.852. The van der Waals surface area contributed by atoms with Crippen molar-refractivity contribution in [2.75, 3.05) is 5.73 Å². The molecule has 0 spiro atoms. The molecule has 2 aromatic rings. The average molecular weight is 310 g/mol. The predicted molar refractivity (Wildman–Crippen MR) is 75.3 cm³/mol. The highest BCUT2D eigenvalue weighted by Crippen LogP contribution is 2.24. The Hall–Kier alpha value is -2.70. The zero-order valence-corrected chi connectivity index (χ0v) is 11.4. The van der Waals surface area contributed by atoms with Gasteiger partial charge in [-0.2, -0.15) is 0 Å². The Kier molecular flexibility index (Phi) is 4.25. The van der Waals surface area contributed by atoms with Crippen LogP contribution in [0.25, 0.3) is 0 Å². The first-order valence-electron chi connectivity index (χ1n) is 6.27. The largest absolute Gasteiger partial charge is 0.573 e. The number of ether oxygens (including phenoxy) is 1. The maximum absolute atomic E-state index is 12.1. The van der Waals surface area contributed by atoms with Crippen molar-refractivity contribution in [1.82, 2.24) is 0 Å². The van der Waals surface area contributed by atoms with Crippen molar-refractivity contribution in [3.05, 3.63) is 59.2 Å². The SMILES string of the molecule is NC(=O)c1ccc(Cc2ccc(OC(F)(F)F)cc2)cc1N. The Morgan fingerprint density at radius 1 is 1.05 bits per heavy atom. The minimum Gasteiger partial charge on any atom is -0.406 e.